The first-order valence-corrected chi connectivity index (χ1v) is 11.3. The Balaban J connectivity index is 2.72. The molecular formula is C24H39NO4. The van der Waals surface area contributed by atoms with Crippen molar-refractivity contribution in [1.82, 2.24) is 4.90 Å². The summed E-state index contributed by atoms with van der Waals surface area (Å²) in [4.78, 5) is 26.8. The van der Waals surface area contributed by atoms with Crippen molar-refractivity contribution in [3.05, 3.63) is 35.9 Å². The lowest BCUT2D eigenvalue weighted by atomic mass is 10.0. The van der Waals surface area contributed by atoms with Crippen LogP contribution >= 0.6 is 0 Å². The second kappa shape index (κ2) is 15.8. The molecule has 0 saturated carbocycles. The van der Waals surface area contributed by atoms with Crippen LogP contribution in [0.3, 0.4) is 0 Å². The molecule has 0 saturated heterocycles. The summed E-state index contributed by atoms with van der Waals surface area (Å²) in [6, 6.07) is 9.07. The molecule has 0 N–H and O–H groups in total. The van der Waals surface area contributed by atoms with Gasteiger partial charge in [0.05, 0.1) is 13.2 Å². The van der Waals surface area contributed by atoms with Crippen molar-refractivity contribution in [2.45, 2.75) is 84.6 Å². The van der Waals surface area contributed by atoms with Gasteiger partial charge in [-0.05, 0) is 25.8 Å². The summed E-state index contributed by atoms with van der Waals surface area (Å²) in [5.41, 5.74) is 0.996. The smallest absolute Gasteiger partial charge is 0.410 e. The van der Waals surface area contributed by atoms with Gasteiger partial charge in [0.1, 0.15) is 6.04 Å². The summed E-state index contributed by atoms with van der Waals surface area (Å²) in [5.74, 6) is -0.371. The minimum Gasteiger partial charge on any atom is -0.464 e. The summed E-state index contributed by atoms with van der Waals surface area (Å²) in [7, 11) is 0. The molecule has 164 valence electrons. The molecule has 0 aromatic heterocycles. The number of nitrogens with zero attached hydrogens (tertiary/aromatic N) is 1. The number of benzene rings is 1. The zero-order valence-corrected chi connectivity index (χ0v) is 18.5. The lowest BCUT2D eigenvalue weighted by molar-refractivity contribution is -0.149. The van der Waals surface area contributed by atoms with Gasteiger partial charge in [0.25, 0.3) is 0 Å². The van der Waals surface area contributed by atoms with Gasteiger partial charge in [0.15, 0.2) is 0 Å². The number of carbonyl (C=O) groups excluding carboxylic acids is 2. The fourth-order valence-electron chi connectivity index (χ4n) is 3.39. The van der Waals surface area contributed by atoms with Crippen molar-refractivity contribution >= 4 is 12.1 Å². The maximum absolute atomic E-state index is 12.7. The Morgan fingerprint density at radius 2 is 1.41 bits per heavy atom. The van der Waals surface area contributed by atoms with Crippen molar-refractivity contribution in [1.29, 1.82) is 0 Å². The highest BCUT2D eigenvalue weighted by Crippen LogP contribution is 2.15. The Bertz CT molecular complexity index is 561. The van der Waals surface area contributed by atoms with Gasteiger partial charge < -0.3 is 9.47 Å². The molecule has 1 atom stereocenters. The van der Waals surface area contributed by atoms with Crippen LogP contribution in [0, 0.1) is 0 Å². The maximum Gasteiger partial charge on any atom is 0.410 e. The second-order valence-corrected chi connectivity index (χ2v) is 7.32. The van der Waals surface area contributed by atoms with Gasteiger partial charge in [-0.2, -0.15) is 0 Å². The third kappa shape index (κ3) is 10.3. The number of carbonyl (C=O) groups is 2. The fraction of sp³-hybridized carbons (Fsp3) is 0.667. The van der Waals surface area contributed by atoms with E-state index >= 15 is 0 Å². The normalized spacial score (nSPS) is 11.7. The van der Waals surface area contributed by atoms with Crippen molar-refractivity contribution < 1.29 is 19.1 Å². The van der Waals surface area contributed by atoms with Crippen molar-refractivity contribution in [2.75, 3.05) is 19.8 Å². The maximum atomic E-state index is 12.7. The minimum atomic E-state index is -0.666. The average molecular weight is 406 g/mol. The summed E-state index contributed by atoms with van der Waals surface area (Å²) >= 11 is 0. The molecule has 0 heterocycles. The number of hydrogen-bond donors (Lipinski definition) is 0. The molecule has 0 aliphatic carbocycles. The first-order valence-electron chi connectivity index (χ1n) is 11.3. The van der Waals surface area contributed by atoms with Crippen LogP contribution in [0.25, 0.3) is 0 Å². The van der Waals surface area contributed by atoms with E-state index in [2.05, 4.69) is 6.92 Å². The number of unbranched alkanes of at least 4 members (excludes halogenated alkanes) is 7. The lowest BCUT2D eigenvalue weighted by Crippen LogP contribution is -2.48. The van der Waals surface area contributed by atoms with Crippen LogP contribution < -0.4 is 0 Å². The summed E-state index contributed by atoms with van der Waals surface area (Å²) in [5, 5.41) is 0. The number of esters is 1. The Labute approximate surface area is 176 Å². The van der Waals surface area contributed by atoms with E-state index < -0.39 is 12.1 Å². The predicted molar refractivity (Wildman–Crippen MR) is 117 cm³/mol. The molecule has 1 aromatic rings. The van der Waals surface area contributed by atoms with E-state index in [4.69, 9.17) is 9.47 Å². The summed E-state index contributed by atoms with van der Waals surface area (Å²) in [6.45, 7) is 6.86. The molecular weight excluding hydrogens is 366 g/mol. The van der Waals surface area contributed by atoms with Gasteiger partial charge in [-0.3, -0.25) is 4.90 Å². The Morgan fingerprint density at radius 3 is 2.00 bits per heavy atom. The third-order valence-electron chi connectivity index (χ3n) is 4.96. The number of rotatable bonds is 15. The van der Waals surface area contributed by atoms with Gasteiger partial charge in [0.2, 0.25) is 0 Å². The van der Waals surface area contributed by atoms with Crippen LogP contribution in [0.5, 0.6) is 0 Å². The second-order valence-electron chi connectivity index (χ2n) is 7.32. The van der Waals surface area contributed by atoms with Crippen LogP contribution in [0.15, 0.2) is 30.3 Å². The third-order valence-corrected chi connectivity index (χ3v) is 4.96. The zero-order valence-electron chi connectivity index (χ0n) is 18.5. The van der Waals surface area contributed by atoms with Crippen LogP contribution in [-0.2, 0) is 20.7 Å². The van der Waals surface area contributed by atoms with Crippen LogP contribution in [0.4, 0.5) is 4.79 Å². The van der Waals surface area contributed by atoms with E-state index in [0.717, 1.165) is 24.8 Å². The number of hydrogen-bond acceptors (Lipinski definition) is 4. The molecule has 1 amide bonds. The summed E-state index contributed by atoms with van der Waals surface area (Å²) < 4.78 is 10.5. The van der Waals surface area contributed by atoms with Crippen molar-refractivity contribution in [3.63, 3.8) is 0 Å². The van der Waals surface area contributed by atoms with Gasteiger partial charge in [-0.15, -0.1) is 0 Å². The topological polar surface area (TPSA) is 55.8 Å². The molecule has 29 heavy (non-hydrogen) atoms. The monoisotopic (exact) mass is 405 g/mol. The molecule has 0 radical (unpaired) electrons. The first-order chi connectivity index (χ1) is 14.1. The standard InChI is InChI=1S/C24H39NO4/c1-4-7-8-9-10-11-12-16-19-25(24(27)29-6-3)22(23(26)28-5-2)20-21-17-14-13-15-18-21/h13-15,17-18,22H,4-12,16,19-20H2,1-3H3. The zero-order chi connectivity index (χ0) is 21.3. The molecule has 0 aliphatic heterocycles. The molecule has 0 spiro atoms. The molecule has 5 heteroatoms. The first kappa shape index (κ1) is 25.0. The lowest BCUT2D eigenvalue weighted by Gasteiger charge is -2.29. The van der Waals surface area contributed by atoms with E-state index in [9.17, 15) is 9.59 Å². The molecule has 0 aliphatic rings. The quantitative estimate of drug-likeness (QED) is 0.275. The van der Waals surface area contributed by atoms with E-state index in [0.29, 0.717) is 19.6 Å². The average Bonchev–Trinajstić information content (AvgIpc) is 2.72. The molecule has 1 unspecified atom stereocenters. The molecule has 1 rings (SSSR count). The van der Waals surface area contributed by atoms with Crippen molar-refractivity contribution in [2.24, 2.45) is 0 Å². The van der Waals surface area contributed by atoms with Gasteiger partial charge in [0, 0.05) is 13.0 Å². The fourth-order valence-corrected chi connectivity index (χ4v) is 3.39. The van der Waals surface area contributed by atoms with Crippen LogP contribution in [0.1, 0.15) is 77.7 Å². The highest BCUT2D eigenvalue weighted by atomic mass is 16.6. The van der Waals surface area contributed by atoms with E-state index in [1.54, 1.807) is 18.7 Å². The van der Waals surface area contributed by atoms with E-state index in [-0.39, 0.29) is 12.6 Å². The van der Waals surface area contributed by atoms with E-state index in [1.807, 2.05) is 30.3 Å². The Morgan fingerprint density at radius 1 is 0.828 bits per heavy atom. The molecule has 0 fully saturated rings. The highest BCUT2D eigenvalue weighted by Gasteiger charge is 2.31. The molecule has 1 aromatic carbocycles. The van der Waals surface area contributed by atoms with Gasteiger partial charge in [-0.1, -0.05) is 82.2 Å². The van der Waals surface area contributed by atoms with Crippen molar-refractivity contribution in [3.8, 4) is 0 Å². The Kier molecular flexibility index (Phi) is 13.6. The number of amides is 1. The molecule has 0 bridgehead atoms. The largest absolute Gasteiger partial charge is 0.464 e. The Hall–Kier alpha value is -2.04. The SMILES string of the molecule is CCCCCCCCCCN(C(=O)OCC)C(Cc1ccccc1)C(=O)OCC. The predicted octanol–water partition coefficient (Wildman–Crippen LogP) is 5.76. The van der Waals surface area contributed by atoms with E-state index in [1.165, 1.54) is 32.1 Å². The minimum absolute atomic E-state index is 0.285. The summed E-state index contributed by atoms with van der Waals surface area (Å²) in [6.07, 6.45) is 9.40. The molecule has 5 nitrogen and oxygen atoms in total. The van der Waals surface area contributed by atoms with Gasteiger partial charge >= 0.3 is 12.1 Å². The van der Waals surface area contributed by atoms with Crippen LogP contribution in [0.2, 0.25) is 0 Å². The highest BCUT2D eigenvalue weighted by molar-refractivity contribution is 5.81. The van der Waals surface area contributed by atoms with Crippen LogP contribution in [-0.4, -0.2) is 42.8 Å². The number of ether oxygens (including phenoxy) is 2. The van der Waals surface area contributed by atoms with Gasteiger partial charge in [-0.25, -0.2) is 9.59 Å².